The summed E-state index contributed by atoms with van der Waals surface area (Å²) in [4.78, 5) is 0. The minimum atomic E-state index is 0.891. The van der Waals surface area contributed by atoms with Gasteiger partial charge in [-0.05, 0) is 34.7 Å². The molecule has 11 heavy (non-hydrogen) atoms. The van der Waals surface area contributed by atoms with Crippen LogP contribution in [-0.2, 0) is 6.54 Å². The van der Waals surface area contributed by atoms with Crippen molar-refractivity contribution >= 4 is 15.9 Å². The topological polar surface area (TPSA) is 17.8 Å². The Morgan fingerprint density at radius 3 is 2.91 bits per heavy atom. The molecule has 0 N–H and O–H groups in total. The maximum atomic E-state index is 4.21. The van der Waals surface area contributed by atoms with Crippen LogP contribution in [0.25, 0.3) is 0 Å². The number of aromatic nitrogens is 2. The van der Waals surface area contributed by atoms with Crippen LogP contribution in [-0.4, -0.2) is 9.78 Å². The SMILES string of the molecule is Brc1cnn(CC2CCC2)c1. The average Bonchev–Trinajstić information content (AvgIpc) is 2.27. The number of nitrogens with zero attached hydrogens (tertiary/aromatic N) is 2. The predicted octanol–water partition coefficient (Wildman–Crippen LogP) is 2.45. The van der Waals surface area contributed by atoms with Crippen LogP contribution in [0.15, 0.2) is 16.9 Å². The second kappa shape index (κ2) is 2.97. The normalized spacial score (nSPS) is 18.3. The molecule has 0 unspecified atom stereocenters. The molecule has 0 aliphatic heterocycles. The molecule has 1 aromatic rings. The monoisotopic (exact) mass is 214 g/mol. The van der Waals surface area contributed by atoms with Crippen molar-refractivity contribution in [3.8, 4) is 0 Å². The van der Waals surface area contributed by atoms with Crippen LogP contribution in [0.4, 0.5) is 0 Å². The number of hydrogen-bond acceptors (Lipinski definition) is 1. The third-order valence-electron chi connectivity index (χ3n) is 2.27. The first kappa shape index (κ1) is 7.35. The largest absolute Gasteiger partial charge is 0.271 e. The summed E-state index contributed by atoms with van der Waals surface area (Å²) < 4.78 is 3.10. The van der Waals surface area contributed by atoms with E-state index in [2.05, 4.69) is 21.0 Å². The molecule has 0 radical (unpaired) electrons. The van der Waals surface area contributed by atoms with Gasteiger partial charge in [0.15, 0.2) is 0 Å². The Labute approximate surface area is 74.7 Å². The van der Waals surface area contributed by atoms with Gasteiger partial charge in [0, 0.05) is 12.7 Å². The fourth-order valence-electron chi connectivity index (χ4n) is 1.38. The van der Waals surface area contributed by atoms with Crippen molar-refractivity contribution in [2.75, 3.05) is 0 Å². The summed E-state index contributed by atoms with van der Waals surface area (Å²) in [7, 11) is 0. The molecule has 0 bridgehead atoms. The Morgan fingerprint density at radius 1 is 1.64 bits per heavy atom. The van der Waals surface area contributed by atoms with Crippen molar-refractivity contribution < 1.29 is 0 Å². The van der Waals surface area contributed by atoms with E-state index in [-0.39, 0.29) is 0 Å². The van der Waals surface area contributed by atoms with Crippen molar-refractivity contribution in [3.63, 3.8) is 0 Å². The van der Waals surface area contributed by atoms with Crippen LogP contribution in [0.5, 0.6) is 0 Å². The van der Waals surface area contributed by atoms with Crippen molar-refractivity contribution in [1.82, 2.24) is 9.78 Å². The van der Waals surface area contributed by atoms with E-state index in [0.717, 1.165) is 16.9 Å². The van der Waals surface area contributed by atoms with Gasteiger partial charge in [0.25, 0.3) is 0 Å². The molecule has 1 fully saturated rings. The highest BCUT2D eigenvalue weighted by Crippen LogP contribution is 2.27. The van der Waals surface area contributed by atoms with E-state index in [4.69, 9.17) is 0 Å². The molecule has 0 atom stereocenters. The average molecular weight is 215 g/mol. The Kier molecular flexibility index (Phi) is 1.98. The Morgan fingerprint density at radius 2 is 2.45 bits per heavy atom. The molecule has 0 amide bonds. The van der Waals surface area contributed by atoms with Crippen LogP contribution in [0.1, 0.15) is 19.3 Å². The molecular weight excluding hydrogens is 204 g/mol. The Hall–Kier alpha value is -0.310. The Bertz CT molecular complexity index is 240. The lowest BCUT2D eigenvalue weighted by molar-refractivity contribution is 0.266. The number of rotatable bonds is 2. The maximum Gasteiger partial charge on any atom is 0.0632 e. The molecule has 1 aliphatic carbocycles. The fraction of sp³-hybridized carbons (Fsp3) is 0.625. The van der Waals surface area contributed by atoms with Gasteiger partial charge in [0.1, 0.15) is 0 Å². The highest BCUT2D eigenvalue weighted by Gasteiger charge is 2.17. The van der Waals surface area contributed by atoms with E-state index in [9.17, 15) is 0 Å². The lowest BCUT2D eigenvalue weighted by Gasteiger charge is -2.24. The molecule has 0 aromatic carbocycles. The van der Waals surface area contributed by atoms with Gasteiger partial charge in [-0.2, -0.15) is 5.10 Å². The maximum absolute atomic E-state index is 4.21. The predicted molar refractivity (Wildman–Crippen MR) is 47.3 cm³/mol. The van der Waals surface area contributed by atoms with E-state index < -0.39 is 0 Å². The second-order valence-electron chi connectivity index (χ2n) is 3.18. The van der Waals surface area contributed by atoms with E-state index in [1.54, 1.807) is 0 Å². The first-order valence-corrected chi connectivity index (χ1v) is 4.82. The molecular formula is C8H11BrN2. The van der Waals surface area contributed by atoms with E-state index in [1.165, 1.54) is 19.3 Å². The summed E-state index contributed by atoms with van der Waals surface area (Å²) in [5, 5.41) is 4.21. The Balaban J connectivity index is 1.95. The summed E-state index contributed by atoms with van der Waals surface area (Å²) in [5.74, 6) is 0.891. The smallest absolute Gasteiger partial charge is 0.0632 e. The van der Waals surface area contributed by atoms with Crippen molar-refractivity contribution in [2.45, 2.75) is 25.8 Å². The third-order valence-corrected chi connectivity index (χ3v) is 2.68. The molecule has 1 aromatic heterocycles. The van der Waals surface area contributed by atoms with Crippen LogP contribution in [0.3, 0.4) is 0 Å². The lowest BCUT2D eigenvalue weighted by atomic mass is 9.85. The van der Waals surface area contributed by atoms with Gasteiger partial charge < -0.3 is 0 Å². The van der Waals surface area contributed by atoms with Crippen LogP contribution >= 0.6 is 15.9 Å². The summed E-state index contributed by atoms with van der Waals surface area (Å²) in [6.07, 6.45) is 8.07. The molecule has 1 aliphatic rings. The van der Waals surface area contributed by atoms with Crippen molar-refractivity contribution in [1.29, 1.82) is 0 Å². The number of hydrogen-bond donors (Lipinski definition) is 0. The highest BCUT2D eigenvalue weighted by molar-refractivity contribution is 9.10. The molecule has 2 rings (SSSR count). The van der Waals surface area contributed by atoms with Gasteiger partial charge in [0.05, 0.1) is 10.7 Å². The van der Waals surface area contributed by atoms with E-state index >= 15 is 0 Å². The second-order valence-corrected chi connectivity index (χ2v) is 4.09. The zero-order valence-corrected chi connectivity index (χ0v) is 7.92. The highest BCUT2D eigenvalue weighted by atomic mass is 79.9. The quantitative estimate of drug-likeness (QED) is 0.740. The molecule has 0 saturated heterocycles. The molecule has 1 saturated carbocycles. The standard InChI is InChI=1S/C8H11BrN2/c9-8-4-10-11(6-8)5-7-2-1-3-7/h4,6-7H,1-3,5H2. The van der Waals surface area contributed by atoms with Gasteiger partial charge in [0.2, 0.25) is 0 Å². The van der Waals surface area contributed by atoms with Gasteiger partial charge in [-0.3, -0.25) is 4.68 Å². The minimum Gasteiger partial charge on any atom is -0.271 e. The summed E-state index contributed by atoms with van der Waals surface area (Å²) in [6.45, 7) is 1.10. The van der Waals surface area contributed by atoms with Gasteiger partial charge in [-0.15, -0.1) is 0 Å². The van der Waals surface area contributed by atoms with Crippen LogP contribution in [0, 0.1) is 5.92 Å². The fourth-order valence-corrected chi connectivity index (χ4v) is 1.71. The van der Waals surface area contributed by atoms with Crippen molar-refractivity contribution in [2.24, 2.45) is 5.92 Å². The van der Waals surface area contributed by atoms with Crippen molar-refractivity contribution in [3.05, 3.63) is 16.9 Å². The number of halogens is 1. The molecule has 3 heteroatoms. The van der Waals surface area contributed by atoms with Gasteiger partial charge >= 0.3 is 0 Å². The van der Waals surface area contributed by atoms with Crippen LogP contribution < -0.4 is 0 Å². The van der Waals surface area contributed by atoms with E-state index in [0.29, 0.717) is 0 Å². The van der Waals surface area contributed by atoms with E-state index in [1.807, 2.05) is 17.1 Å². The lowest BCUT2D eigenvalue weighted by Crippen LogP contribution is -2.18. The summed E-state index contributed by atoms with van der Waals surface area (Å²) >= 11 is 3.38. The molecule has 2 nitrogen and oxygen atoms in total. The summed E-state index contributed by atoms with van der Waals surface area (Å²) in [5.41, 5.74) is 0. The molecule has 60 valence electrons. The zero-order chi connectivity index (χ0) is 7.68. The molecule has 0 spiro atoms. The van der Waals surface area contributed by atoms with Crippen LogP contribution in [0.2, 0.25) is 0 Å². The first-order valence-electron chi connectivity index (χ1n) is 4.02. The molecule has 1 heterocycles. The van der Waals surface area contributed by atoms with Gasteiger partial charge in [-0.1, -0.05) is 6.42 Å². The van der Waals surface area contributed by atoms with Gasteiger partial charge in [-0.25, -0.2) is 0 Å². The first-order chi connectivity index (χ1) is 5.34. The minimum absolute atomic E-state index is 0.891. The third kappa shape index (κ3) is 1.64. The zero-order valence-electron chi connectivity index (χ0n) is 6.33. The summed E-state index contributed by atoms with van der Waals surface area (Å²) in [6, 6.07) is 0.